The fourth-order valence-corrected chi connectivity index (χ4v) is 8.64. The maximum Gasteiger partial charge on any atom is 0.240 e. The van der Waals surface area contributed by atoms with E-state index in [1.807, 2.05) is 94.6 Å². The lowest BCUT2D eigenvalue weighted by molar-refractivity contribution is -0.122. The van der Waals surface area contributed by atoms with Crippen molar-refractivity contribution in [3.8, 4) is 22.6 Å². The van der Waals surface area contributed by atoms with Crippen LogP contribution in [0.5, 0.6) is 5.75 Å². The van der Waals surface area contributed by atoms with Gasteiger partial charge in [-0.05, 0) is 116 Å². The molecule has 14 nitrogen and oxygen atoms in total. The van der Waals surface area contributed by atoms with Gasteiger partial charge in [0, 0.05) is 34.8 Å². The molecule has 1 atom stereocenters. The zero-order valence-corrected chi connectivity index (χ0v) is 37.3. The lowest BCUT2D eigenvalue weighted by Gasteiger charge is -2.29. The second-order valence-corrected chi connectivity index (χ2v) is 18.3. The van der Waals surface area contributed by atoms with Gasteiger partial charge in [-0.1, -0.05) is 41.0 Å². The molecule has 1 amide bonds. The Morgan fingerprint density at radius 1 is 0.883 bits per heavy atom. The summed E-state index contributed by atoms with van der Waals surface area (Å²) in [6.07, 6.45) is 1.03. The highest BCUT2D eigenvalue weighted by Crippen LogP contribution is 2.35. The number of fused-ring (bicyclic) bond motifs is 3. The maximum atomic E-state index is 13.5. The summed E-state index contributed by atoms with van der Waals surface area (Å²) in [6, 6.07) is 17.9. The molecule has 0 bridgehead atoms. The third kappa shape index (κ3) is 10.5. The summed E-state index contributed by atoms with van der Waals surface area (Å²) in [6.45, 7) is 16.2. The van der Waals surface area contributed by atoms with Crippen LogP contribution in [0.1, 0.15) is 92.8 Å². The molecule has 0 spiro atoms. The van der Waals surface area contributed by atoms with Crippen molar-refractivity contribution in [2.75, 3.05) is 33.4 Å². The Labute approximate surface area is 357 Å². The molecular weight excluding hydrogens is 806 g/mol. The lowest BCUT2D eigenvalue weighted by atomic mass is 10.00. The molecule has 0 radical (unpaired) electrons. The minimum atomic E-state index is -3.80. The molecule has 6 rings (SSSR count). The third-order valence-corrected chi connectivity index (χ3v) is 12.4. The Balaban J connectivity index is 0.991. The number of methoxy groups -OCH3 is 1. The molecule has 2 N–H and O–H groups in total. The molecule has 60 heavy (non-hydrogen) atoms. The SMILES string of the molecule is COc1ccc2c(c1)C(c1ccc(Cl)cc1)=NC(CC(=O)NCCC(C)(C)OCCOC(C)(C)CCNS(=O)(=O)c1cc(-c3c(C)noc3C)ccc1C)c1nnc(C)n1-2. The van der Waals surface area contributed by atoms with E-state index in [1.54, 1.807) is 33.1 Å². The second kappa shape index (κ2) is 18.4. The van der Waals surface area contributed by atoms with Gasteiger partial charge >= 0.3 is 0 Å². The summed E-state index contributed by atoms with van der Waals surface area (Å²) in [5.74, 6) is 2.35. The number of hydrogen-bond donors (Lipinski definition) is 2. The normalized spacial score (nSPS) is 14.3. The highest BCUT2D eigenvalue weighted by atomic mass is 35.5. The van der Waals surface area contributed by atoms with Crippen molar-refractivity contribution in [1.82, 2.24) is 30.0 Å². The number of sulfonamides is 1. The van der Waals surface area contributed by atoms with E-state index in [2.05, 4.69) is 25.4 Å². The molecule has 1 aliphatic heterocycles. The van der Waals surface area contributed by atoms with Crippen LogP contribution in [0.4, 0.5) is 0 Å². The molecule has 3 heterocycles. The molecule has 16 heteroatoms. The number of carbonyl (C=O) groups excluding carboxylic acids is 1. The number of halogens is 1. The number of aryl methyl sites for hydroxylation is 4. The molecule has 0 fully saturated rings. The zero-order valence-electron chi connectivity index (χ0n) is 35.7. The quantitative estimate of drug-likeness (QED) is 0.0838. The first-order valence-corrected chi connectivity index (χ1v) is 21.8. The van der Waals surface area contributed by atoms with Crippen molar-refractivity contribution in [2.24, 2.45) is 4.99 Å². The van der Waals surface area contributed by atoms with Crippen LogP contribution in [0.2, 0.25) is 5.02 Å². The van der Waals surface area contributed by atoms with Crippen LogP contribution in [0.25, 0.3) is 16.8 Å². The van der Waals surface area contributed by atoms with Gasteiger partial charge in [-0.15, -0.1) is 10.2 Å². The second-order valence-electron chi connectivity index (χ2n) is 16.2. The molecule has 320 valence electrons. The van der Waals surface area contributed by atoms with Gasteiger partial charge in [-0.2, -0.15) is 0 Å². The molecule has 1 unspecified atom stereocenters. The molecule has 1 aliphatic rings. The molecular formula is C44H54ClN7O7S. The van der Waals surface area contributed by atoms with Gasteiger partial charge in [0.05, 0.1) is 59.9 Å². The Morgan fingerprint density at radius 2 is 1.55 bits per heavy atom. The van der Waals surface area contributed by atoms with Gasteiger partial charge in [0.15, 0.2) is 5.82 Å². The number of rotatable bonds is 18. The van der Waals surface area contributed by atoms with E-state index >= 15 is 0 Å². The van der Waals surface area contributed by atoms with Crippen LogP contribution in [-0.2, 0) is 24.3 Å². The van der Waals surface area contributed by atoms with Crippen molar-refractivity contribution >= 4 is 33.2 Å². The number of nitrogens with one attached hydrogen (secondary N) is 2. The van der Waals surface area contributed by atoms with Gasteiger partial charge in [0.25, 0.3) is 0 Å². The van der Waals surface area contributed by atoms with Crippen LogP contribution in [0.3, 0.4) is 0 Å². The number of carbonyl (C=O) groups is 1. The van der Waals surface area contributed by atoms with Crippen molar-refractivity contribution in [1.29, 1.82) is 0 Å². The standard InChI is InChI=1S/C44H54ClN7O7S/c1-27-10-11-32(40-28(2)51-59-29(40)3)24-38(27)60(54,55)47-21-19-44(7,8)58-23-22-57-43(5,6)18-20-46-39(53)26-36-42-50-49-30(4)52(42)37-17-16-34(56-9)25-35(37)41(48-36)31-12-14-33(45)15-13-31/h10-17,24-25,36,47H,18-23,26H2,1-9H3,(H,46,53). The van der Waals surface area contributed by atoms with Gasteiger partial charge in [0.2, 0.25) is 15.9 Å². The van der Waals surface area contributed by atoms with Crippen LogP contribution < -0.4 is 14.8 Å². The van der Waals surface area contributed by atoms with Crippen LogP contribution in [0, 0.1) is 27.7 Å². The Hall–Kier alpha value is -4.93. The summed E-state index contributed by atoms with van der Waals surface area (Å²) >= 11 is 6.24. The highest BCUT2D eigenvalue weighted by molar-refractivity contribution is 7.89. The molecule has 0 saturated heterocycles. The van der Waals surface area contributed by atoms with Crippen molar-refractivity contribution in [3.63, 3.8) is 0 Å². The molecule has 0 saturated carbocycles. The summed E-state index contributed by atoms with van der Waals surface area (Å²) in [7, 11) is -2.18. The van der Waals surface area contributed by atoms with E-state index < -0.39 is 27.3 Å². The minimum Gasteiger partial charge on any atom is -0.497 e. The Bertz CT molecular complexity index is 2460. The highest BCUT2D eigenvalue weighted by Gasteiger charge is 2.31. The number of aliphatic imine (C=N–C) groups is 1. The lowest BCUT2D eigenvalue weighted by Crippen LogP contribution is -2.36. The van der Waals surface area contributed by atoms with Gasteiger partial charge < -0.3 is 24.1 Å². The number of aromatic nitrogens is 4. The molecule has 0 aliphatic carbocycles. The topological polar surface area (TPSA) is 172 Å². The van der Waals surface area contributed by atoms with E-state index in [0.29, 0.717) is 77.8 Å². The largest absolute Gasteiger partial charge is 0.497 e. The van der Waals surface area contributed by atoms with Crippen LogP contribution >= 0.6 is 11.6 Å². The zero-order chi connectivity index (χ0) is 43.4. The average Bonchev–Trinajstić information content (AvgIpc) is 3.70. The van der Waals surface area contributed by atoms with Crippen LogP contribution in [0.15, 0.2) is 75.1 Å². The maximum absolute atomic E-state index is 13.5. The first kappa shape index (κ1) is 44.6. The van der Waals surface area contributed by atoms with E-state index in [9.17, 15) is 13.2 Å². The predicted octanol–water partition coefficient (Wildman–Crippen LogP) is 7.57. The first-order chi connectivity index (χ1) is 28.4. The van der Waals surface area contributed by atoms with Gasteiger partial charge in [-0.25, -0.2) is 13.1 Å². The number of hydrogen-bond acceptors (Lipinski definition) is 11. The minimum absolute atomic E-state index is 0.0507. The van der Waals surface area contributed by atoms with E-state index in [4.69, 9.17) is 35.3 Å². The monoisotopic (exact) mass is 859 g/mol. The fourth-order valence-electron chi connectivity index (χ4n) is 7.21. The summed E-state index contributed by atoms with van der Waals surface area (Å²) in [4.78, 5) is 18.8. The number of nitrogens with zero attached hydrogens (tertiary/aromatic N) is 5. The number of benzene rings is 3. The van der Waals surface area contributed by atoms with Crippen molar-refractivity contribution < 1.29 is 31.9 Å². The van der Waals surface area contributed by atoms with Crippen LogP contribution in [-0.4, -0.2) is 84.6 Å². The molecule has 3 aromatic carbocycles. The Kier molecular flexibility index (Phi) is 13.7. The third-order valence-electron chi connectivity index (χ3n) is 10.6. The molecule has 2 aromatic heterocycles. The number of ether oxygens (including phenoxy) is 3. The first-order valence-electron chi connectivity index (χ1n) is 19.9. The van der Waals surface area contributed by atoms with E-state index in [1.165, 1.54) is 0 Å². The Morgan fingerprint density at radius 3 is 2.20 bits per heavy atom. The van der Waals surface area contributed by atoms with E-state index in [0.717, 1.165) is 27.9 Å². The van der Waals surface area contributed by atoms with E-state index in [-0.39, 0.29) is 23.8 Å². The van der Waals surface area contributed by atoms with Crippen molar-refractivity contribution in [3.05, 3.63) is 105 Å². The predicted molar refractivity (Wildman–Crippen MR) is 231 cm³/mol. The summed E-state index contributed by atoms with van der Waals surface area (Å²) in [5, 5.41) is 16.5. The van der Waals surface area contributed by atoms with Gasteiger partial charge in [-0.3, -0.25) is 14.4 Å². The smallest absolute Gasteiger partial charge is 0.240 e. The van der Waals surface area contributed by atoms with Crippen molar-refractivity contribution in [2.45, 2.75) is 96.8 Å². The molecule has 5 aromatic rings. The fraction of sp³-hybridized carbons (Fsp3) is 0.432. The number of amides is 1. The average molecular weight is 860 g/mol. The summed E-state index contributed by atoms with van der Waals surface area (Å²) in [5.41, 5.74) is 4.86. The summed E-state index contributed by atoms with van der Waals surface area (Å²) < 4.78 is 54.6. The van der Waals surface area contributed by atoms with Gasteiger partial charge in [0.1, 0.15) is 23.4 Å².